The van der Waals surface area contributed by atoms with Crippen LogP contribution in [0.2, 0.25) is 0 Å². The molecule has 1 saturated heterocycles. The van der Waals surface area contributed by atoms with Crippen molar-refractivity contribution in [3.8, 4) is 5.75 Å². The van der Waals surface area contributed by atoms with Crippen LogP contribution in [0.3, 0.4) is 0 Å². The monoisotopic (exact) mass is 377 g/mol. The van der Waals surface area contributed by atoms with Crippen LogP contribution in [0.25, 0.3) is 0 Å². The molecule has 0 saturated carbocycles. The number of hydrogen-bond acceptors (Lipinski definition) is 6. The molecule has 0 atom stereocenters. The maximum Gasteiger partial charge on any atom is 0.387 e. The number of amides is 2. The van der Waals surface area contributed by atoms with E-state index in [9.17, 15) is 18.4 Å². The lowest BCUT2D eigenvalue weighted by atomic mass is 10.1. The average Bonchev–Trinajstić information content (AvgIpc) is 2.67. The molecular formula is C17H17F2N5O3. The number of benzene rings is 1. The average molecular weight is 377 g/mol. The van der Waals surface area contributed by atoms with Gasteiger partial charge in [-0.05, 0) is 18.2 Å². The Hall–Kier alpha value is -3.30. The Balaban J connectivity index is 1.63. The van der Waals surface area contributed by atoms with E-state index in [0.29, 0.717) is 26.2 Å². The molecule has 27 heavy (non-hydrogen) atoms. The Morgan fingerprint density at radius 2 is 1.67 bits per heavy atom. The number of piperazine rings is 1. The van der Waals surface area contributed by atoms with Crippen LogP contribution in [0, 0.1) is 0 Å². The van der Waals surface area contributed by atoms with Gasteiger partial charge in [-0.15, -0.1) is 0 Å². The van der Waals surface area contributed by atoms with Crippen LogP contribution in [0.5, 0.6) is 5.75 Å². The second-order valence-corrected chi connectivity index (χ2v) is 5.78. The first kappa shape index (κ1) is 18.5. The number of carbonyl (C=O) groups excluding carboxylic acids is 2. The smallest absolute Gasteiger partial charge is 0.387 e. The molecule has 10 heteroatoms. The number of carbonyl (C=O) groups is 2. The lowest BCUT2D eigenvalue weighted by molar-refractivity contribution is -0.0499. The Morgan fingerprint density at radius 3 is 2.30 bits per heavy atom. The third kappa shape index (κ3) is 4.27. The van der Waals surface area contributed by atoms with E-state index in [1.165, 1.54) is 36.7 Å². The van der Waals surface area contributed by atoms with Gasteiger partial charge in [0.2, 0.25) is 0 Å². The predicted octanol–water partition coefficient (Wildman–Crippen LogP) is 1.26. The zero-order valence-corrected chi connectivity index (χ0v) is 14.2. The summed E-state index contributed by atoms with van der Waals surface area (Å²) < 4.78 is 29.0. The fourth-order valence-electron chi connectivity index (χ4n) is 2.76. The van der Waals surface area contributed by atoms with Gasteiger partial charge in [0.05, 0.1) is 0 Å². The molecule has 1 aromatic carbocycles. The molecule has 2 N–H and O–H groups in total. The van der Waals surface area contributed by atoms with Crippen molar-refractivity contribution in [2.75, 3.05) is 31.9 Å². The van der Waals surface area contributed by atoms with Crippen LogP contribution in [-0.2, 0) is 0 Å². The summed E-state index contributed by atoms with van der Waals surface area (Å²) in [6.45, 7) is -1.77. The fraction of sp³-hybridized carbons (Fsp3) is 0.294. The van der Waals surface area contributed by atoms with Gasteiger partial charge >= 0.3 is 6.61 Å². The first-order valence-corrected chi connectivity index (χ1v) is 8.15. The minimum Gasteiger partial charge on any atom is -0.435 e. The summed E-state index contributed by atoms with van der Waals surface area (Å²) in [5.41, 5.74) is 6.00. The standard InChI is InChI=1S/C17H17F2N5O3/c18-17(19)27-12-3-1-2-11(10-12)15(25)23-6-8-24(9-7-23)16(26)13-14(20)22-5-4-21-13/h1-5,10,17H,6-9H2,(H2,20,22). The topological polar surface area (TPSA) is 102 Å². The van der Waals surface area contributed by atoms with Gasteiger partial charge in [-0.25, -0.2) is 9.97 Å². The second-order valence-electron chi connectivity index (χ2n) is 5.78. The lowest BCUT2D eigenvalue weighted by Crippen LogP contribution is -2.50. The van der Waals surface area contributed by atoms with Gasteiger partial charge in [-0.3, -0.25) is 9.59 Å². The maximum atomic E-state index is 12.6. The number of rotatable bonds is 4. The number of anilines is 1. The number of hydrogen-bond donors (Lipinski definition) is 1. The van der Waals surface area contributed by atoms with Crippen LogP contribution in [0.1, 0.15) is 20.8 Å². The summed E-state index contributed by atoms with van der Waals surface area (Å²) in [6, 6.07) is 5.62. The number of nitrogen functional groups attached to an aromatic ring is 1. The zero-order valence-electron chi connectivity index (χ0n) is 14.2. The van der Waals surface area contributed by atoms with Crippen LogP contribution >= 0.6 is 0 Å². The third-order valence-electron chi connectivity index (χ3n) is 4.09. The summed E-state index contributed by atoms with van der Waals surface area (Å²) in [5, 5.41) is 0. The molecule has 0 spiro atoms. The number of halogens is 2. The van der Waals surface area contributed by atoms with E-state index in [1.807, 2.05) is 0 Å². The molecule has 2 aromatic rings. The van der Waals surface area contributed by atoms with Crippen molar-refractivity contribution in [2.45, 2.75) is 6.61 Å². The van der Waals surface area contributed by atoms with E-state index in [4.69, 9.17) is 5.73 Å². The molecule has 2 amide bonds. The highest BCUT2D eigenvalue weighted by Crippen LogP contribution is 2.18. The number of alkyl halides is 2. The fourth-order valence-corrected chi connectivity index (χ4v) is 2.76. The first-order chi connectivity index (χ1) is 13.0. The van der Waals surface area contributed by atoms with Gasteiger partial charge in [0.1, 0.15) is 5.75 Å². The molecule has 1 aliphatic heterocycles. The summed E-state index contributed by atoms with van der Waals surface area (Å²) in [5.74, 6) is -0.694. The Morgan fingerprint density at radius 1 is 1.04 bits per heavy atom. The molecule has 0 bridgehead atoms. The highest BCUT2D eigenvalue weighted by atomic mass is 19.3. The van der Waals surface area contributed by atoms with Crippen molar-refractivity contribution in [3.05, 3.63) is 47.9 Å². The van der Waals surface area contributed by atoms with Crippen molar-refractivity contribution >= 4 is 17.6 Å². The highest BCUT2D eigenvalue weighted by Gasteiger charge is 2.27. The van der Waals surface area contributed by atoms with Gasteiger partial charge < -0.3 is 20.3 Å². The summed E-state index contributed by atoms with van der Waals surface area (Å²) in [6.07, 6.45) is 2.78. The predicted molar refractivity (Wildman–Crippen MR) is 91.3 cm³/mol. The quantitative estimate of drug-likeness (QED) is 0.861. The van der Waals surface area contributed by atoms with Crippen LogP contribution < -0.4 is 10.5 Å². The van der Waals surface area contributed by atoms with E-state index in [2.05, 4.69) is 14.7 Å². The molecule has 1 aromatic heterocycles. The van der Waals surface area contributed by atoms with Crippen LogP contribution in [0.15, 0.2) is 36.7 Å². The Kier molecular flexibility index (Phi) is 5.43. The van der Waals surface area contributed by atoms with Crippen LogP contribution in [0.4, 0.5) is 14.6 Å². The molecular weight excluding hydrogens is 360 g/mol. The molecule has 8 nitrogen and oxygen atoms in total. The Bertz CT molecular complexity index is 841. The Labute approximate surface area is 153 Å². The molecule has 3 rings (SSSR count). The molecule has 1 aliphatic rings. The zero-order chi connectivity index (χ0) is 19.4. The first-order valence-electron chi connectivity index (χ1n) is 8.15. The van der Waals surface area contributed by atoms with Crippen LogP contribution in [-0.4, -0.2) is 64.4 Å². The normalized spacial score (nSPS) is 14.3. The molecule has 2 heterocycles. The summed E-state index contributed by atoms with van der Waals surface area (Å²) in [7, 11) is 0. The molecule has 1 fully saturated rings. The number of nitrogens with zero attached hydrogens (tertiary/aromatic N) is 4. The third-order valence-corrected chi connectivity index (χ3v) is 4.09. The van der Waals surface area contributed by atoms with Crippen molar-refractivity contribution in [3.63, 3.8) is 0 Å². The molecule has 0 radical (unpaired) electrons. The van der Waals surface area contributed by atoms with Gasteiger partial charge in [0.15, 0.2) is 11.5 Å². The number of aromatic nitrogens is 2. The van der Waals surface area contributed by atoms with Gasteiger partial charge in [0.25, 0.3) is 11.8 Å². The lowest BCUT2D eigenvalue weighted by Gasteiger charge is -2.34. The minimum absolute atomic E-state index is 0.0526. The van der Waals surface area contributed by atoms with Crippen molar-refractivity contribution in [2.24, 2.45) is 0 Å². The van der Waals surface area contributed by atoms with Gasteiger partial charge in [0, 0.05) is 44.1 Å². The van der Waals surface area contributed by atoms with E-state index in [0.717, 1.165) is 0 Å². The highest BCUT2D eigenvalue weighted by molar-refractivity contribution is 5.97. The largest absolute Gasteiger partial charge is 0.435 e. The van der Waals surface area contributed by atoms with Gasteiger partial charge in [-0.1, -0.05) is 6.07 Å². The molecule has 142 valence electrons. The van der Waals surface area contributed by atoms with Crippen molar-refractivity contribution in [1.82, 2.24) is 19.8 Å². The molecule has 0 unspecified atom stereocenters. The molecule has 0 aliphatic carbocycles. The SMILES string of the molecule is Nc1nccnc1C(=O)N1CCN(C(=O)c2cccc(OC(F)F)c2)CC1. The summed E-state index contributed by atoms with van der Waals surface area (Å²) in [4.78, 5) is 35.9. The van der Waals surface area contributed by atoms with Crippen molar-refractivity contribution < 1.29 is 23.1 Å². The van der Waals surface area contributed by atoms with E-state index >= 15 is 0 Å². The maximum absolute atomic E-state index is 12.6. The number of nitrogens with two attached hydrogens (primary N) is 1. The van der Waals surface area contributed by atoms with E-state index in [-0.39, 0.29) is 34.6 Å². The number of ether oxygens (including phenoxy) is 1. The van der Waals surface area contributed by atoms with Crippen molar-refractivity contribution in [1.29, 1.82) is 0 Å². The van der Waals surface area contributed by atoms with E-state index < -0.39 is 6.61 Å². The second kappa shape index (κ2) is 7.94. The van der Waals surface area contributed by atoms with E-state index in [1.54, 1.807) is 9.80 Å². The van der Waals surface area contributed by atoms with Gasteiger partial charge in [-0.2, -0.15) is 8.78 Å². The summed E-state index contributed by atoms with van der Waals surface area (Å²) >= 11 is 0. The minimum atomic E-state index is -2.96.